The first-order valence-electron chi connectivity index (χ1n) is 10.8. The zero-order chi connectivity index (χ0) is 24.7. The normalized spacial score (nSPS) is 11.1. The third-order valence-corrected chi connectivity index (χ3v) is 5.90. The highest BCUT2D eigenvalue weighted by molar-refractivity contribution is 7.71. The van der Waals surface area contributed by atoms with Crippen molar-refractivity contribution in [1.29, 1.82) is 0 Å². The van der Waals surface area contributed by atoms with Gasteiger partial charge in [0, 0.05) is 16.9 Å². The molecule has 0 saturated heterocycles. The van der Waals surface area contributed by atoms with Crippen LogP contribution < -0.4 is 10.9 Å². The molecule has 7 nitrogen and oxygen atoms in total. The second-order valence-corrected chi connectivity index (χ2v) is 8.51. The number of carbonyl (C=O) groups is 1. The van der Waals surface area contributed by atoms with E-state index in [0.29, 0.717) is 16.8 Å². The second-order valence-electron chi connectivity index (χ2n) is 8.13. The SMILES string of the molecule is Cc1cc(C)n(-c2cccc(NC(=O)c3ccc4c(=O)n(-c5ccccc5F)c(=S)[nH]c4c3)c2)n1. The summed E-state index contributed by atoms with van der Waals surface area (Å²) < 4.78 is 17.2. The van der Waals surface area contributed by atoms with Gasteiger partial charge in [-0.3, -0.25) is 9.59 Å². The second kappa shape index (κ2) is 8.77. The number of para-hydroxylation sites is 1. The van der Waals surface area contributed by atoms with Crippen LogP contribution in [0.3, 0.4) is 0 Å². The van der Waals surface area contributed by atoms with Gasteiger partial charge in [0.05, 0.1) is 28.0 Å². The number of benzene rings is 3. The number of fused-ring (bicyclic) bond motifs is 1. The predicted molar refractivity (Wildman–Crippen MR) is 136 cm³/mol. The van der Waals surface area contributed by atoms with Crippen molar-refractivity contribution in [1.82, 2.24) is 19.3 Å². The number of amides is 1. The molecule has 35 heavy (non-hydrogen) atoms. The third kappa shape index (κ3) is 4.17. The zero-order valence-electron chi connectivity index (χ0n) is 18.9. The lowest BCUT2D eigenvalue weighted by atomic mass is 10.1. The number of aromatic amines is 1. The molecule has 9 heteroatoms. The fourth-order valence-electron chi connectivity index (χ4n) is 4.02. The van der Waals surface area contributed by atoms with E-state index in [9.17, 15) is 14.0 Å². The monoisotopic (exact) mass is 485 g/mol. The smallest absolute Gasteiger partial charge is 0.266 e. The number of anilines is 1. The van der Waals surface area contributed by atoms with Gasteiger partial charge >= 0.3 is 0 Å². The van der Waals surface area contributed by atoms with Gasteiger partial charge in [0.2, 0.25) is 0 Å². The van der Waals surface area contributed by atoms with Crippen LogP contribution in [0.5, 0.6) is 0 Å². The molecule has 1 amide bonds. The third-order valence-electron chi connectivity index (χ3n) is 5.61. The largest absolute Gasteiger partial charge is 0.331 e. The Kier molecular flexibility index (Phi) is 5.62. The zero-order valence-corrected chi connectivity index (χ0v) is 19.7. The number of rotatable bonds is 4. The first kappa shape index (κ1) is 22.4. The highest BCUT2D eigenvalue weighted by Crippen LogP contribution is 2.19. The molecule has 0 aliphatic heterocycles. The van der Waals surface area contributed by atoms with Gasteiger partial charge in [0.25, 0.3) is 11.5 Å². The molecule has 2 aromatic heterocycles. The fraction of sp³-hybridized carbons (Fsp3) is 0.0769. The lowest BCUT2D eigenvalue weighted by Gasteiger charge is -2.11. The summed E-state index contributed by atoms with van der Waals surface area (Å²) in [6.07, 6.45) is 0. The Labute approximate surface area is 204 Å². The van der Waals surface area contributed by atoms with Crippen molar-refractivity contribution in [2.45, 2.75) is 13.8 Å². The molecule has 0 saturated carbocycles. The van der Waals surface area contributed by atoms with E-state index in [-0.39, 0.29) is 21.8 Å². The van der Waals surface area contributed by atoms with E-state index in [1.807, 2.05) is 42.8 Å². The average Bonchev–Trinajstić information content (AvgIpc) is 3.18. The van der Waals surface area contributed by atoms with Crippen LogP contribution >= 0.6 is 12.2 Å². The minimum atomic E-state index is -0.563. The van der Waals surface area contributed by atoms with E-state index in [2.05, 4.69) is 15.4 Å². The number of aromatic nitrogens is 4. The number of halogens is 1. The molecule has 2 N–H and O–H groups in total. The molecule has 0 spiro atoms. The fourth-order valence-corrected chi connectivity index (χ4v) is 4.31. The predicted octanol–water partition coefficient (Wildman–Crippen LogP) is 5.24. The summed E-state index contributed by atoms with van der Waals surface area (Å²) in [5.41, 5.74) is 3.62. The van der Waals surface area contributed by atoms with Crippen LogP contribution in [-0.4, -0.2) is 25.2 Å². The van der Waals surface area contributed by atoms with Crippen molar-refractivity contribution in [2.24, 2.45) is 0 Å². The maximum atomic E-state index is 14.3. The maximum Gasteiger partial charge on any atom is 0.266 e. The Hall–Kier alpha value is -4.37. The summed E-state index contributed by atoms with van der Waals surface area (Å²) in [6, 6.07) is 19.9. The molecule has 5 aromatic rings. The molecule has 0 aliphatic carbocycles. The lowest BCUT2D eigenvalue weighted by Crippen LogP contribution is -2.22. The highest BCUT2D eigenvalue weighted by Gasteiger charge is 2.14. The summed E-state index contributed by atoms with van der Waals surface area (Å²) in [5, 5.41) is 7.64. The van der Waals surface area contributed by atoms with Crippen molar-refractivity contribution in [3.8, 4) is 11.4 Å². The van der Waals surface area contributed by atoms with Crippen LogP contribution in [0.2, 0.25) is 0 Å². The Morgan fingerprint density at radius 3 is 2.57 bits per heavy atom. The van der Waals surface area contributed by atoms with E-state index in [0.717, 1.165) is 21.6 Å². The van der Waals surface area contributed by atoms with Crippen molar-refractivity contribution in [3.05, 3.63) is 111 Å². The Balaban J connectivity index is 1.48. The first-order chi connectivity index (χ1) is 16.8. The van der Waals surface area contributed by atoms with Crippen LogP contribution in [0.15, 0.2) is 77.6 Å². The van der Waals surface area contributed by atoms with Gasteiger partial charge in [-0.2, -0.15) is 5.10 Å². The van der Waals surface area contributed by atoms with E-state index < -0.39 is 11.4 Å². The topological polar surface area (TPSA) is 84.7 Å². The molecule has 0 radical (unpaired) electrons. The summed E-state index contributed by atoms with van der Waals surface area (Å²) in [4.78, 5) is 29.0. The summed E-state index contributed by atoms with van der Waals surface area (Å²) in [7, 11) is 0. The molecule has 0 unspecified atom stereocenters. The Morgan fingerprint density at radius 2 is 1.83 bits per heavy atom. The molecule has 3 aromatic carbocycles. The van der Waals surface area contributed by atoms with Crippen LogP contribution in [-0.2, 0) is 0 Å². The van der Waals surface area contributed by atoms with Crippen molar-refractivity contribution < 1.29 is 9.18 Å². The van der Waals surface area contributed by atoms with Crippen molar-refractivity contribution in [2.75, 3.05) is 5.32 Å². The molecule has 2 heterocycles. The van der Waals surface area contributed by atoms with Crippen molar-refractivity contribution in [3.63, 3.8) is 0 Å². The van der Waals surface area contributed by atoms with Crippen LogP contribution in [0.25, 0.3) is 22.3 Å². The highest BCUT2D eigenvalue weighted by atomic mass is 32.1. The van der Waals surface area contributed by atoms with Gasteiger partial charge in [-0.1, -0.05) is 18.2 Å². The lowest BCUT2D eigenvalue weighted by molar-refractivity contribution is 0.102. The number of nitrogens with one attached hydrogen (secondary N) is 2. The maximum absolute atomic E-state index is 14.3. The van der Waals surface area contributed by atoms with E-state index in [4.69, 9.17) is 12.2 Å². The minimum absolute atomic E-state index is 0.0303. The van der Waals surface area contributed by atoms with E-state index in [1.54, 1.807) is 24.3 Å². The van der Waals surface area contributed by atoms with Crippen LogP contribution in [0.1, 0.15) is 21.7 Å². The molecule has 0 atom stereocenters. The molecule has 0 bridgehead atoms. The standard InChI is InChI=1S/C26H20FN5O2S/c1-15-12-16(2)32(30-15)19-7-5-6-18(14-19)28-24(33)17-10-11-20-22(13-17)29-26(35)31(25(20)34)23-9-4-3-8-21(23)27/h3-14H,1-2H3,(H,28,33)(H,29,35). The molecular weight excluding hydrogens is 465 g/mol. The molecular formula is C26H20FN5O2S. The van der Waals surface area contributed by atoms with Gasteiger partial charge in [-0.15, -0.1) is 0 Å². The summed E-state index contributed by atoms with van der Waals surface area (Å²) in [5.74, 6) is -0.915. The quantitative estimate of drug-likeness (QED) is 0.341. The van der Waals surface area contributed by atoms with Crippen molar-refractivity contribution >= 4 is 34.7 Å². The minimum Gasteiger partial charge on any atom is -0.331 e. The molecule has 0 aliphatic rings. The van der Waals surface area contributed by atoms with Crippen LogP contribution in [0, 0.1) is 24.4 Å². The summed E-state index contributed by atoms with van der Waals surface area (Å²) >= 11 is 5.33. The van der Waals surface area contributed by atoms with Gasteiger partial charge in [0.1, 0.15) is 5.82 Å². The first-order valence-corrected chi connectivity index (χ1v) is 11.2. The molecule has 174 valence electrons. The molecule has 5 rings (SSSR count). The van der Waals surface area contributed by atoms with Gasteiger partial charge in [-0.05, 0) is 80.7 Å². The molecule has 0 fully saturated rings. The Bertz CT molecular complexity index is 1730. The number of H-pyrrole nitrogens is 1. The van der Waals surface area contributed by atoms with Gasteiger partial charge in [0.15, 0.2) is 4.77 Å². The van der Waals surface area contributed by atoms with E-state index >= 15 is 0 Å². The number of aryl methyl sites for hydroxylation is 2. The van der Waals surface area contributed by atoms with Crippen LogP contribution in [0.4, 0.5) is 10.1 Å². The number of nitrogens with zero attached hydrogens (tertiary/aromatic N) is 3. The average molecular weight is 486 g/mol. The number of hydrogen-bond acceptors (Lipinski definition) is 4. The Morgan fingerprint density at radius 1 is 1.03 bits per heavy atom. The van der Waals surface area contributed by atoms with Gasteiger partial charge < -0.3 is 10.3 Å². The van der Waals surface area contributed by atoms with E-state index in [1.165, 1.54) is 24.3 Å². The number of hydrogen-bond donors (Lipinski definition) is 2. The van der Waals surface area contributed by atoms with Gasteiger partial charge in [-0.25, -0.2) is 13.6 Å². The number of carbonyl (C=O) groups excluding carboxylic acids is 1. The summed E-state index contributed by atoms with van der Waals surface area (Å²) in [6.45, 7) is 3.88.